The van der Waals surface area contributed by atoms with Gasteiger partial charge in [0.05, 0.1) is 11.4 Å². The maximum Gasteiger partial charge on any atom is 0.244 e. The zero-order valence-corrected chi connectivity index (χ0v) is 23.2. The van der Waals surface area contributed by atoms with Gasteiger partial charge in [-0.2, -0.15) is 0 Å². The standard InChI is InChI=1S/C29H32FN3O6S/c1-3-31-29(35)25(16-21-10-6-5-7-11-21)32(18-22-12-8-9-13-24(22)30)28(34)19-33(40(36,37)4-2)23-14-15-26-27(17-23)39-20-38-26/h5-15,17,25H,3-4,16,18-20H2,1-2H3,(H,31,35)/t25-/m0/s1. The van der Waals surface area contributed by atoms with Gasteiger partial charge in [0.1, 0.15) is 18.4 Å². The molecular formula is C29H32FN3O6S. The highest BCUT2D eigenvalue weighted by Gasteiger charge is 2.34. The Labute approximate surface area is 233 Å². The third-order valence-electron chi connectivity index (χ3n) is 6.54. The van der Waals surface area contributed by atoms with Crippen LogP contribution in [0.3, 0.4) is 0 Å². The number of nitrogens with one attached hydrogen (secondary N) is 1. The summed E-state index contributed by atoms with van der Waals surface area (Å²) in [7, 11) is -3.94. The highest BCUT2D eigenvalue weighted by molar-refractivity contribution is 7.92. The molecule has 0 spiro atoms. The second-order valence-electron chi connectivity index (χ2n) is 9.16. The van der Waals surface area contributed by atoms with Gasteiger partial charge in [-0.05, 0) is 37.6 Å². The van der Waals surface area contributed by atoms with Crippen molar-refractivity contribution >= 4 is 27.5 Å². The Morgan fingerprint density at radius 2 is 1.68 bits per heavy atom. The first-order valence-electron chi connectivity index (χ1n) is 13.0. The SMILES string of the molecule is CCNC(=O)[C@H](Cc1ccccc1)N(Cc1ccccc1F)C(=O)CN(c1ccc2c(c1)OCO2)S(=O)(=O)CC. The van der Waals surface area contributed by atoms with Gasteiger partial charge in [0.25, 0.3) is 0 Å². The van der Waals surface area contributed by atoms with Crippen LogP contribution < -0.4 is 19.1 Å². The molecule has 0 aliphatic carbocycles. The molecule has 1 heterocycles. The number of ether oxygens (including phenoxy) is 2. The summed E-state index contributed by atoms with van der Waals surface area (Å²) >= 11 is 0. The average Bonchev–Trinajstić information content (AvgIpc) is 3.43. The van der Waals surface area contributed by atoms with Crippen molar-refractivity contribution in [1.29, 1.82) is 0 Å². The topological polar surface area (TPSA) is 105 Å². The number of halogens is 1. The summed E-state index contributed by atoms with van der Waals surface area (Å²) in [6.07, 6.45) is 0.150. The average molecular weight is 570 g/mol. The molecule has 0 aromatic heterocycles. The van der Waals surface area contributed by atoms with E-state index in [2.05, 4.69) is 5.32 Å². The van der Waals surface area contributed by atoms with E-state index in [0.29, 0.717) is 18.0 Å². The van der Waals surface area contributed by atoms with Crippen molar-refractivity contribution in [2.45, 2.75) is 32.9 Å². The minimum atomic E-state index is -3.94. The first-order chi connectivity index (χ1) is 19.2. The highest BCUT2D eigenvalue weighted by atomic mass is 32.2. The van der Waals surface area contributed by atoms with E-state index in [1.165, 1.54) is 42.2 Å². The lowest BCUT2D eigenvalue weighted by Gasteiger charge is -2.33. The van der Waals surface area contributed by atoms with Gasteiger partial charge in [0.2, 0.25) is 28.6 Å². The Balaban J connectivity index is 1.74. The maximum absolute atomic E-state index is 14.8. The van der Waals surface area contributed by atoms with Crippen LogP contribution in [-0.2, 0) is 32.6 Å². The number of nitrogens with zero attached hydrogens (tertiary/aromatic N) is 2. The number of amides is 2. The first kappa shape index (κ1) is 28.9. The van der Waals surface area contributed by atoms with Crippen LogP contribution in [0.25, 0.3) is 0 Å². The first-order valence-corrected chi connectivity index (χ1v) is 14.6. The monoisotopic (exact) mass is 569 g/mol. The van der Waals surface area contributed by atoms with E-state index in [1.54, 1.807) is 19.1 Å². The van der Waals surface area contributed by atoms with Crippen molar-refractivity contribution in [3.8, 4) is 11.5 Å². The second kappa shape index (κ2) is 12.8. The molecule has 1 aliphatic heterocycles. The maximum atomic E-state index is 14.8. The van der Waals surface area contributed by atoms with Gasteiger partial charge >= 0.3 is 0 Å². The van der Waals surface area contributed by atoms with Gasteiger partial charge in [0, 0.05) is 31.1 Å². The molecule has 1 N–H and O–H groups in total. The molecule has 0 unspecified atom stereocenters. The lowest BCUT2D eigenvalue weighted by atomic mass is 10.0. The number of rotatable bonds is 12. The number of anilines is 1. The Kier molecular flexibility index (Phi) is 9.26. The van der Waals surface area contributed by atoms with Crippen molar-refractivity contribution in [3.63, 3.8) is 0 Å². The van der Waals surface area contributed by atoms with Crippen LogP contribution >= 0.6 is 0 Å². The van der Waals surface area contributed by atoms with Gasteiger partial charge in [-0.15, -0.1) is 0 Å². The minimum absolute atomic E-state index is 0.00235. The molecule has 40 heavy (non-hydrogen) atoms. The summed E-state index contributed by atoms with van der Waals surface area (Å²) in [5, 5.41) is 2.77. The molecule has 3 aromatic carbocycles. The van der Waals surface area contributed by atoms with Crippen LogP contribution in [0.1, 0.15) is 25.0 Å². The lowest BCUT2D eigenvalue weighted by Crippen LogP contribution is -2.53. The van der Waals surface area contributed by atoms with Crippen LogP contribution in [0.2, 0.25) is 0 Å². The van der Waals surface area contributed by atoms with Crippen LogP contribution in [0.4, 0.5) is 10.1 Å². The van der Waals surface area contributed by atoms with Crippen molar-refractivity contribution in [1.82, 2.24) is 10.2 Å². The van der Waals surface area contributed by atoms with Crippen LogP contribution in [-0.4, -0.2) is 56.8 Å². The third kappa shape index (κ3) is 6.71. The summed E-state index contributed by atoms with van der Waals surface area (Å²) in [6.45, 7) is 2.72. The number of hydrogen-bond acceptors (Lipinski definition) is 6. The summed E-state index contributed by atoms with van der Waals surface area (Å²) < 4.78 is 52.9. The van der Waals surface area contributed by atoms with Crippen LogP contribution in [0.15, 0.2) is 72.8 Å². The van der Waals surface area contributed by atoms with Crippen molar-refractivity contribution < 1.29 is 31.9 Å². The van der Waals surface area contributed by atoms with E-state index in [0.717, 1.165) is 9.87 Å². The molecule has 2 amide bonds. The number of carbonyl (C=O) groups is 2. The fourth-order valence-corrected chi connectivity index (χ4v) is 5.47. The van der Waals surface area contributed by atoms with Crippen molar-refractivity contribution in [3.05, 3.63) is 89.7 Å². The van der Waals surface area contributed by atoms with Crippen molar-refractivity contribution in [2.75, 3.05) is 29.9 Å². The zero-order chi connectivity index (χ0) is 28.7. The van der Waals surface area contributed by atoms with Gasteiger partial charge < -0.3 is 19.7 Å². The van der Waals surface area contributed by atoms with Crippen LogP contribution in [0, 0.1) is 5.82 Å². The van der Waals surface area contributed by atoms with Gasteiger partial charge in [-0.3, -0.25) is 13.9 Å². The highest BCUT2D eigenvalue weighted by Crippen LogP contribution is 2.36. The van der Waals surface area contributed by atoms with E-state index in [-0.39, 0.29) is 36.8 Å². The molecule has 4 rings (SSSR count). The largest absolute Gasteiger partial charge is 0.454 e. The number of carbonyl (C=O) groups excluding carboxylic acids is 2. The van der Waals surface area contributed by atoms with Gasteiger partial charge in [-0.25, -0.2) is 12.8 Å². The molecule has 0 fully saturated rings. The Hall–Kier alpha value is -4.12. The third-order valence-corrected chi connectivity index (χ3v) is 8.29. The molecule has 0 radical (unpaired) electrons. The quantitative estimate of drug-likeness (QED) is 0.358. The van der Waals surface area contributed by atoms with Gasteiger partial charge in [0.15, 0.2) is 11.5 Å². The molecule has 0 saturated heterocycles. The molecule has 0 saturated carbocycles. The summed E-state index contributed by atoms with van der Waals surface area (Å²) in [4.78, 5) is 28.6. The zero-order valence-electron chi connectivity index (χ0n) is 22.4. The fourth-order valence-electron chi connectivity index (χ4n) is 4.42. The van der Waals surface area contributed by atoms with E-state index < -0.39 is 40.2 Å². The molecule has 212 valence electrons. The predicted octanol–water partition coefficient (Wildman–Crippen LogP) is 3.49. The predicted molar refractivity (Wildman–Crippen MR) is 149 cm³/mol. The summed E-state index contributed by atoms with van der Waals surface area (Å²) in [5.41, 5.74) is 1.20. The minimum Gasteiger partial charge on any atom is -0.454 e. The van der Waals surface area contributed by atoms with E-state index in [9.17, 15) is 22.4 Å². The van der Waals surface area contributed by atoms with E-state index in [1.807, 2.05) is 30.3 Å². The molecule has 11 heteroatoms. The molecular weight excluding hydrogens is 537 g/mol. The molecule has 3 aromatic rings. The lowest BCUT2D eigenvalue weighted by molar-refractivity contribution is -0.140. The van der Waals surface area contributed by atoms with Crippen LogP contribution in [0.5, 0.6) is 11.5 Å². The summed E-state index contributed by atoms with van der Waals surface area (Å²) in [5.74, 6) is -1.08. The fraction of sp³-hybridized carbons (Fsp3) is 0.310. The Bertz CT molecular complexity index is 1450. The normalized spacial score (nSPS) is 13.0. The number of sulfonamides is 1. The Morgan fingerprint density at radius 1 is 0.975 bits per heavy atom. The smallest absolute Gasteiger partial charge is 0.244 e. The Morgan fingerprint density at radius 3 is 2.38 bits per heavy atom. The molecule has 1 aliphatic rings. The van der Waals surface area contributed by atoms with E-state index in [4.69, 9.17) is 9.47 Å². The van der Waals surface area contributed by atoms with Crippen molar-refractivity contribution in [2.24, 2.45) is 0 Å². The number of fused-ring (bicyclic) bond motifs is 1. The van der Waals surface area contributed by atoms with E-state index >= 15 is 0 Å². The second-order valence-corrected chi connectivity index (χ2v) is 11.3. The number of hydrogen-bond donors (Lipinski definition) is 1. The summed E-state index contributed by atoms with van der Waals surface area (Å²) in [6, 6.07) is 18.7. The molecule has 1 atom stereocenters. The molecule has 9 nitrogen and oxygen atoms in total. The molecule has 0 bridgehead atoms. The number of benzene rings is 3. The number of likely N-dealkylation sites (N-methyl/N-ethyl adjacent to an activating group) is 1. The van der Waals surface area contributed by atoms with Gasteiger partial charge in [-0.1, -0.05) is 48.5 Å².